The number of hydrogen-bond acceptors (Lipinski definition) is 4. The van der Waals surface area contributed by atoms with E-state index >= 15 is 0 Å². The fourth-order valence-corrected chi connectivity index (χ4v) is 3.92. The number of nitrogens with zero attached hydrogens (tertiary/aromatic N) is 1. The minimum atomic E-state index is -0.385. The standard InChI is InChI=1S/C19H18N2O3/c1-24-18-10-9-12(11-17(18)21(22)23)19-15-7-4-6-13(15)14-5-2-3-8-16(14)20-19/h2-6,8-11,13,15,19-20H,7H2,1H3/t13-,15-,19+/m0/s1. The summed E-state index contributed by atoms with van der Waals surface area (Å²) in [4.78, 5) is 10.9. The van der Waals surface area contributed by atoms with Crippen molar-refractivity contribution in [3.05, 3.63) is 75.9 Å². The van der Waals surface area contributed by atoms with Gasteiger partial charge >= 0.3 is 5.69 Å². The van der Waals surface area contributed by atoms with Crippen molar-refractivity contribution >= 4 is 11.4 Å². The molecule has 1 aliphatic carbocycles. The number of benzene rings is 2. The first kappa shape index (κ1) is 14.8. The molecule has 1 aliphatic heterocycles. The first-order valence-corrected chi connectivity index (χ1v) is 8.03. The Morgan fingerprint density at radius 2 is 2.08 bits per heavy atom. The van der Waals surface area contributed by atoms with Crippen LogP contribution in [0.1, 0.15) is 29.5 Å². The highest BCUT2D eigenvalue weighted by atomic mass is 16.6. The largest absolute Gasteiger partial charge is 0.490 e. The van der Waals surface area contributed by atoms with Crippen molar-refractivity contribution in [2.24, 2.45) is 5.92 Å². The molecule has 0 bridgehead atoms. The van der Waals surface area contributed by atoms with Crippen LogP contribution in [0, 0.1) is 16.0 Å². The van der Waals surface area contributed by atoms with Crippen molar-refractivity contribution in [3.8, 4) is 5.75 Å². The van der Waals surface area contributed by atoms with E-state index in [9.17, 15) is 10.1 Å². The van der Waals surface area contributed by atoms with Crippen LogP contribution in [-0.2, 0) is 0 Å². The third-order valence-electron chi connectivity index (χ3n) is 5.03. The van der Waals surface area contributed by atoms with Gasteiger partial charge in [0.15, 0.2) is 5.75 Å². The maximum atomic E-state index is 11.3. The van der Waals surface area contributed by atoms with E-state index in [1.165, 1.54) is 12.7 Å². The van der Waals surface area contributed by atoms with Gasteiger partial charge in [0.25, 0.3) is 0 Å². The molecule has 2 aromatic carbocycles. The van der Waals surface area contributed by atoms with E-state index in [0.29, 0.717) is 17.6 Å². The van der Waals surface area contributed by atoms with Crippen molar-refractivity contribution in [1.82, 2.24) is 0 Å². The van der Waals surface area contributed by atoms with Crippen LogP contribution in [0.15, 0.2) is 54.6 Å². The zero-order valence-electron chi connectivity index (χ0n) is 13.3. The average molecular weight is 322 g/mol. The van der Waals surface area contributed by atoms with Gasteiger partial charge in [0.2, 0.25) is 0 Å². The maximum Gasteiger partial charge on any atom is 0.311 e. The highest BCUT2D eigenvalue weighted by molar-refractivity contribution is 5.60. The molecule has 5 nitrogen and oxygen atoms in total. The summed E-state index contributed by atoms with van der Waals surface area (Å²) in [5.41, 5.74) is 3.35. The summed E-state index contributed by atoms with van der Waals surface area (Å²) in [6.07, 6.45) is 5.44. The lowest BCUT2D eigenvalue weighted by Gasteiger charge is -2.37. The molecule has 2 aromatic rings. The minimum Gasteiger partial charge on any atom is -0.490 e. The van der Waals surface area contributed by atoms with Crippen LogP contribution < -0.4 is 10.1 Å². The molecule has 0 radical (unpaired) electrons. The minimum absolute atomic E-state index is 0.0122. The van der Waals surface area contributed by atoms with E-state index in [4.69, 9.17) is 4.74 Å². The van der Waals surface area contributed by atoms with E-state index in [1.807, 2.05) is 12.1 Å². The highest BCUT2D eigenvalue weighted by Crippen LogP contribution is 2.50. The smallest absolute Gasteiger partial charge is 0.311 e. The fraction of sp³-hybridized carbons (Fsp3) is 0.263. The number of hydrogen-bond donors (Lipinski definition) is 1. The molecule has 0 fully saturated rings. The van der Waals surface area contributed by atoms with Gasteiger partial charge in [-0.05, 0) is 35.6 Å². The molecule has 0 unspecified atom stereocenters. The molecule has 0 aromatic heterocycles. The lowest BCUT2D eigenvalue weighted by molar-refractivity contribution is -0.385. The summed E-state index contributed by atoms with van der Waals surface area (Å²) >= 11 is 0. The van der Waals surface area contributed by atoms with Gasteiger partial charge in [-0.2, -0.15) is 0 Å². The van der Waals surface area contributed by atoms with Gasteiger partial charge in [-0.25, -0.2) is 0 Å². The molecule has 24 heavy (non-hydrogen) atoms. The third-order valence-corrected chi connectivity index (χ3v) is 5.03. The predicted octanol–water partition coefficient (Wildman–Crippen LogP) is 4.43. The second kappa shape index (κ2) is 5.67. The lowest BCUT2D eigenvalue weighted by atomic mass is 9.77. The highest BCUT2D eigenvalue weighted by Gasteiger charge is 2.38. The molecule has 1 heterocycles. The second-order valence-corrected chi connectivity index (χ2v) is 6.25. The van der Waals surface area contributed by atoms with Gasteiger partial charge in [0, 0.05) is 17.7 Å². The van der Waals surface area contributed by atoms with Crippen LogP contribution in [0.25, 0.3) is 0 Å². The summed E-state index contributed by atoms with van der Waals surface area (Å²) in [5, 5.41) is 14.9. The molecule has 122 valence electrons. The summed E-state index contributed by atoms with van der Waals surface area (Å²) in [6, 6.07) is 13.6. The Hall–Kier alpha value is -2.82. The van der Waals surface area contributed by atoms with Crippen LogP contribution in [0.5, 0.6) is 5.75 Å². The first-order chi connectivity index (χ1) is 11.7. The van der Waals surface area contributed by atoms with E-state index in [0.717, 1.165) is 17.7 Å². The zero-order chi connectivity index (χ0) is 16.7. The van der Waals surface area contributed by atoms with Gasteiger partial charge in [0.1, 0.15) is 0 Å². The van der Waals surface area contributed by atoms with Crippen molar-refractivity contribution in [3.63, 3.8) is 0 Å². The number of para-hydroxylation sites is 1. The second-order valence-electron chi connectivity index (χ2n) is 6.25. The molecule has 1 N–H and O–H groups in total. The molecule has 3 atom stereocenters. The molecular formula is C19H18N2O3. The van der Waals surface area contributed by atoms with E-state index in [-0.39, 0.29) is 16.7 Å². The van der Waals surface area contributed by atoms with Crippen LogP contribution >= 0.6 is 0 Å². The van der Waals surface area contributed by atoms with Gasteiger partial charge < -0.3 is 10.1 Å². The summed E-state index contributed by atoms with van der Waals surface area (Å²) in [7, 11) is 1.45. The normalized spacial score (nSPS) is 24.0. The maximum absolute atomic E-state index is 11.3. The van der Waals surface area contributed by atoms with Gasteiger partial charge in [-0.3, -0.25) is 10.1 Å². The topological polar surface area (TPSA) is 64.4 Å². The number of nitrogens with one attached hydrogen (secondary N) is 1. The van der Waals surface area contributed by atoms with Crippen LogP contribution in [0.4, 0.5) is 11.4 Å². The number of fused-ring (bicyclic) bond motifs is 3. The number of allylic oxidation sites excluding steroid dienone is 2. The van der Waals surface area contributed by atoms with E-state index in [2.05, 4.69) is 35.7 Å². The lowest BCUT2D eigenvalue weighted by Crippen LogP contribution is -2.29. The Balaban J connectivity index is 1.78. The first-order valence-electron chi connectivity index (χ1n) is 8.03. The fourth-order valence-electron chi connectivity index (χ4n) is 3.92. The van der Waals surface area contributed by atoms with Crippen LogP contribution in [0.2, 0.25) is 0 Å². The number of ether oxygens (including phenoxy) is 1. The Bertz CT molecular complexity index is 831. The molecule has 4 rings (SSSR count). The molecule has 0 saturated carbocycles. The molecule has 0 saturated heterocycles. The van der Waals surface area contributed by atoms with Crippen LogP contribution in [0.3, 0.4) is 0 Å². The van der Waals surface area contributed by atoms with Gasteiger partial charge in [-0.15, -0.1) is 0 Å². The third kappa shape index (κ3) is 2.24. The quantitative estimate of drug-likeness (QED) is 0.516. The molecule has 5 heteroatoms. The molecular weight excluding hydrogens is 304 g/mol. The Labute approximate surface area is 140 Å². The molecule has 0 amide bonds. The van der Waals surface area contributed by atoms with Crippen molar-refractivity contribution < 1.29 is 9.66 Å². The monoisotopic (exact) mass is 322 g/mol. The SMILES string of the molecule is COc1ccc([C@H]2Nc3ccccc3[C@@H]3C=CC[C@H]23)cc1[N+](=O)[O-]. The number of anilines is 1. The molecule has 2 aliphatic rings. The van der Waals surface area contributed by atoms with Crippen molar-refractivity contribution in [1.29, 1.82) is 0 Å². The summed E-state index contributed by atoms with van der Waals surface area (Å²) in [6.45, 7) is 0. The van der Waals surface area contributed by atoms with Gasteiger partial charge in [0.05, 0.1) is 18.1 Å². The van der Waals surface area contributed by atoms with E-state index < -0.39 is 0 Å². The van der Waals surface area contributed by atoms with Crippen molar-refractivity contribution in [2.75, 3.05) is 12.4 Å². The average Bonchev–Trinajstić information content (AvgIpc) is 3.10. The zero-order valence-corrected chi connectivity index (χ0v) is 13.3. The summed E-state index contributed by atoms with van der Waals surface area (Å²) in [5.74, 6) is 1.02. The molecule has 0 spiro atoms. The van der Waals surface area contributed by atoms with E-state index in [1.54, 1.807) is 12.1 Å². The number of nitro benzene ring substituents is 1. The number of methoxy groups -OCH3 is 1. The van der Waals surface area contributed by atoms with Crippen molar-refractivity contribution in [2.45, 2.75) is 18.4 Å². The summed E-state index contributed by atoms with van der Waals surface area (Å²) < 4.78 is 5.12. The Kier molecular flexibility index (Phi) is 3.49. The van der Waals surface area contributed by atoms with Crippen LogP contribution in [-0.4, -0.2) is 12.0 Å². The predicted molar refractivity (Wildman–Crippen MR) is 92.4 cm³/mol. The number of nitro groups is 1. The Morgan fingerprint density at radius 1 is 1.25 bits per heavy atom. The Morgan fingerprint density at radius 3 is 2.88 bits per heavy atom. The number of rotatable bonds is 3. The van der Waals surface area contributed by atoms with Gasteiger partial charge in [-0.1, -0.05) is 36.4 Å².